The third kappa shape index (κ3) is 3.16. The number of anilines is 1. The van der Waals surface area contributed by atoms with Gasteiger partial charge in [0.2, 0.25) is 0 Å². The molecule has 0 spiro atoms. The molecule has 1 aromatic rings. The van der Waals surface area contributed by atoms with Gasteiger partial charge in [0, 0.05) is 49.0 Å². The number of benzene rings is 1. The van der Waals surface area contributed by atoms with Gasteiger partial charge in [0.05, 0.1) is 0 Å². The summed E-state index contributed by atoms with van der Waals surface area (Å²) in [5.41, 5.74) is 2.54. The highest BCUT2D eigenvalue weighted by molar-refractivity contribution is 6.31. The smallest absolute Gasteiger partial charge is 0.0471 e. The third-order valence-electron chi connectivity index (χ3n) is 3.41. The summed E-state index contributed by atoms with van der Waals surface area (Å²) in [7, 11) is 6.34. The lowest BCUT2D eigenvalue weighted by Gasteiger charge is -2.35. The second-order valence-corrected chi connectivity index (χ2v) is 5.67. The summed E-state index contributed by atoms with van der Waals surface area (Å²) in [5.74, 6) is 0. The highest BCUT2D eigenvalue weighted by atomic mass is 35.5. The number of piperazine rings is 1. The van der Waals surface area contributed by atoms with Crippen molar-refractivity contribution in [3.63, 3.8) is 0 Å². The molecule has 3 nitrogen and oxygen atoms in total. The van der Waals surface area contributed by atoms with Crippen molar-refractivity contribution in [2.24, 2.45) is 0 Å². The Balaban J connectivity index is 2.23. The van der Waals surface area contributed by atoms with E-state index in [4.69, 9.17) is 11.6 Å². The first-order chi connectivity index (χ1) is 8.58. The van der Waals surface area contributed by atoms with E-state index in [9.17, 15) is 0 Å². The fraction of sp³-hybridized carbons (Fsp3) is 0.571. The fourth-order valence-corrected chi connectivity index (χ4v) is 2.59. The molecule has 1 aliphatic heterocycles. The van der Waals surface area contributed by atoms with Gasteiger partial charge in [-0.25, -0.2) is 0 Å². The highest BCUT2D eigenvalue weighted by Crippen LogP contribution is 2.29. The molecule has 1 aliphatic rings. The zero-order chi connectivity index (χ0) is 13.1. The minimum Gasteiger partial charge on any atom is -0.369 e. The van der Waals surface area contributed by atoms with Crippen LogP contribution in [0.5, 0.6) is 0 Å². The molecule has 18 heavy (non-hydrogen) atoms. The molecule has 0 atom stereocenters. The van der Waals surface area contributed by atoms with Crippen LogP contribution in [0.4, 0.5) is 5.69 Å². The van der Waals surface area contributed by atoms with Crippen molar-refractivity contribution in [2.75, 3.05) is 52.2 Å². The van der Waals surface area contributed by atoms with Gasteiger partial charge in [-0.3, -0.25) is 0 Å². The predicted molar refractivity (Wildman–Crippen MR) is 78.6 cm³/mol. The lowest BCUT2D eigenvalue weighted by atomic mass is 10.1. The molecule has 1 heterocycles. The van der Waals surface area contributed by atoms with E-state index in [0.29, 0.717) is 0 Å². The Labute approximate surface area is 115 Å². The van der Waals surface area contributed by atoms with Gasteiger partial charge < -0.3 is 14.7 Å². The number of halogens is 1. The van der Waals surface area contributed by atoms with Gasteiger partial charge in [-0.05, 0) is 33.3 Å². The highest BCUT2D eigenvalue weighted by Gasteiger charge is 2.18. The van der Waals surface area contributed by atoms with Crippen molar-refractivity contribution in [2.45, 2.75) is 6.54 Å². The molecule has 0 aromatic heterocycles. The topological polar surface area (TPSA) is 9.72 Å². The van der Waals surface area contributed by atoms with Crippen molar-refractivity contribution < 1.29 is 0 Å². The largest absolute Gasteiger partial charge is 0.369 e. The van der Waals surface area contributed by atoms with E-state index in [2.05, 4.69) is 48.0 Å². The van der Waals surface area contributed by atoms with Gasteiger partial charge in [0.15, 0.2) is 0 Å². The molecule has 0 unspecified atom stereocenters. The van der Waals surface area contributed by atoms with E-state index < -0.39 is 0 Å². The molecule has 0 radical (unpaired) electrons. The van der Waals surface area contributed by atoms with Gasteiger partial charge in [-0.15, -0.1) is 0 Å². The van der Waals surface area contributed by atoms with Crippen LogP contribution >= 0.6 is 11.6 Å². The number of rotatable bonds is 3. The van der Waals surface area contributed by atoms with Crippen LogP contribution in [0.1, 0.15) is 5.56 Å². The summed E-state index contributed by atoms with van der Waals surface area (Å²) >= 11 is 6.36. The number of hydrogen-bond donors (Lipinski definition) is 0. The van der Waals surface area contributed by atoms with Crippen LogP contribution in [-0.2, 0) is 6.54 Å². The minimum atomic E-state index is 0.875. The second kappa shape index (κ2) is 5.91. The summed E-state index contributed by atoms with van der Waals surface area (Å²) in [5, 5.41) is 0.875. The molecule has 1 fully saturated rings. The molecule has 0 N–H and O–H groups in total. The third-order valence-corrected chi connectivity index (χ3v) is 3.77. The first kappa shape index (κ1) is 13.7. The van der Waals surface area contributed by atoms with Crippen molar-refractivity contribution in [1.29, 1.82) is 0 Å². The summed E-state index contributed by atoms with van der Waals surface area (Å²) in [6.45, 7) is 5.29. The van der Waals surface area contributed by atoms with Crippen LogP contribution in [0, 0.1) is 0 Å². The molecule has 100 valence electrons. The maximum absolute atomic E-state index is 6.36. The zero-order valence-electron chi connectivity index (χ0n) is 11.5. The van der Waals surface area contributed by atoms with Crippen LogP contribution < -0.4 is 4.90 Å². The Bertz CT molecular complexity index is 398. The molecular weight excluding hydrogens is 246 g/mol. The fourth-order valence-electron chi connectivity index (χ4n) is 2.36. The minimum absolute atomic E-state index is 0.875. The van der Waals surface area contributed by atoms with Gasteiger partial charge >= 0.3 is 0 Å². The zero-order valence-corrected chi connectivity index (χ0v) is 12.2. The van der Waals surface area contributed by atoms with Gasteiger partial charge in [-0.1, -0.05) is 17.7 Å². The van der Waals surface area contributed by atoms with E-state index >= 15 is 0 Å². The average Bonchev–Trinajstić information content (AvgIpc) is 2.32. The molecule has 0 saturated carbocycles. The van der Waals surface area contributed by atoms with E-state index in [1.807, 2.05) is 6.07 Å². The first-order valence-electron chi connectivity index (χ1n) is 6.43. The van der Waals surface area contributed by atoms with Crippen molar-refractivity contribution in [3.05, 3.63) is 28.8 Å². The van der Waals surface area contributed by atoms with Crippen LogP contribution in [-0.4, -0.2) is 57.1 Å². The Morgan fingerprint density at radius 3 is 2.44 bits per heavy atom. The number of nitrogens with zero attached hydrogens (tertiary/aromatic N) is 3. The van der Waals surface area contributed by atoms with Gasteiger partial charge in [0.25, 0.3) is 0 Å². The second-order valence-electron chi connectivity index (χ2n) is 5.27. The molecule has 0 aliphatic carbocycles. The normalized spacial score (nSPS) is 17.5. The quantitative estimate of drug-likeness (QED) is 0.831. The van der Waals surface area contributed by atoms with Crippen molar-refractivity contribution in [3.8, 4) is 0 Å². The standard InChI is InChI=1S/C14H22ClN3/c1-16(2)11-12-13(15)5-4-6-14(12)18-9-7-17(3)8-10-18/h4-6H,7-11H2,1-3H3. The Morgan fingerprint density at radius 2 is 1.83 bits per heavy atom. The predicted octanol–water partition coefficient (Wildman–Crippen LogP) is 2.15. The van der Waals surface area contributed by atoms with E-state index in [0.717, 1.165) is 37.7 Å². The Morgan fingerprint density at radius 1 is 1.17 bits per heavy atom. The van der Waals surface area contributed by atoms with E-state index in [-0.39, 0.29) is 0 Å². The summed E-state index contributed by atoms with van der Waals surface area (Å²) in [6, 6.07) is 6.23. The van der Waals surface area contributed by atoms with Crippen LogP contribution in [0.15, 0.2) is 18.2 Å². The van der Waals surface area contributed by atoms with Gasteiger partial charge in [0.1, 0.15) is 0 Å². The lowest BCUT2D eigenvalue weighted by molar-refractivity contribution is 0.312. The lowest BCUT2D eigenvalue weighted by Crippen LogP contribution is -2.45. The van der Waals surface area contributed by atoms with Crippen LogP contribution in [0.25, 0.3) is 0 Å². The molecular formula is C14H22ClN3. The van der Waals surface area contributed by atoms with E-state index in [1.165, 1.54) is 11.3 Å². The maximum atomic E-state index is 6.36. The number of hydrogen-bond acceptors (Lipinski definition) is 3. The van der Waals surface area contributed by atoms with Crippen LogP contribution in [0.3, 0.4) is 0 Å². The van der Waals surface area contributed by atoms with E-state index in [1.54, 1.807) is 0 Å². The Hall–Kier alpha value is -0.770. The molecule has 1 aromatic carbocycles. The maximum Gasteiger partial charge on any atom is 0.0471 e. The van der Waals surface area contributed by atoms with Crippen molar-refractivity contribution >= 4 is 17.3 Å². The SMILES string of the molecule is CN(C)Cc1c(Cl)cccc1N1CCN(C)CC1. The molecule has 2 rings (SSSR count). The molecule has 1 saturated heterocycles. The molecule has 0 bridgehead atoms. The molecule has 0 amide bonds. The first-order valence-corrected chi connectivity index (χ1v) is 6.81. The summed E-state index contributed by atoms with van der Waals surface area (Å²) in [6.07, 6.45) is 0. The van der Waals surface area contributed by atoms with Crippen LogP contribution in [0.2, 0.25) is 5.02 Å². The van der Waals surface area contributed by atoms with Gasteiger partial charge in [-0.2, -0.15) is 0 Å². The monoisotopic (exact) mass is 267 g/mol. The average molecular weight is 268 g/mol. The summed E-state index contributed by atoms with van der Waals surface area (Å²) < 4.78 is 0. The molecule has 4 heteroatoms. The number of likely N-dealkylation sites (N-methyl/N-ethyl adjacent to an activating group) is 1. The van der Waals surface area contributed by atoms with Crippen molar-refractivity contribution in [1.82, 2.24) is 9.80 Å². The summed E-state index contributed by atoms with van der Waals surface area (Å²) in [4.78, 5) is 6.98. The Kier molecular flexibility index (Phi) is 4.49.